The molecule has 0 radical (unpaired) electrons. The van der Waals surface area contributed by atoms with Gasteiger partial charge in [-0.3, -0.25) is 0 Å². The Morgan fingerprint density at radius 1 is 0.886 bits per heavy atom. The first-order chi connectivity index (χ1) is 16.1. The third kappa shape index (κ3) is 6.38. The van der Waals surface area contributed by atoms with Crippen LogP contribution in [0.3, 0.4) is 0 Å². The Morgan fingerprint density at radius 2 is 1.43 bits per heavy atom. The number of carbonyl (C=O) groups is 1. The Morgan fingerprint density at radius 3 is 1.91 bits per heavy atom. The van der Waals surface area contributed by atoms with Crippen LogP contribution in [0.15, 0.2) is 48.7 Å². The number of ether oxygens (including phenoxy) is 1. The molecule has 5 nitrogen and oxygen atoms in total. The van der Waals surface area contributed by atoms with Crippen LogP contribution in [-0.4, -0.2) is 15.9 Å². The normalized spacial score (nSPS) is 12.5. The summed E-state index contributed by atoms with van der Waals surface area (Å²) in [6, 6.07) is 5.60. The summed E-state index contributed by atoms with van der Waals surface area (Å²) in [5, 5.41) is 5.58. The van der Waals surface area contributed by atoms with E-state index < -0.39 is 59.3 Å². The lowest BCUT2D eigenvalue weighted by Crippen LogP contribution is -2.27. The third-order valence-corrected chi connectivity index (χ3v) is 4.61. The number of carbonyl (C=O) groups excluding carboxylic acids is 1. The lowest BCUT2D eigenvalue weighted by atomic mass is 10.0. The molecule has 0 aliphatic rings. The van der Waals surface area contributed by atoms with Gasteiger partial charge in [0.1, 0.15) is 0 Å². The predicted octanol–water partition coefficient (Wildman–Crippen LogP) is 6.87. The van der Waals surface area contributed by atoms with Gasteiger partial charge in [0, 0.05) is 11.6 Å². The van der Waals surface area contributed by atoms with Gasteiger partial charge in [0.25, 0.3) is 0 Å². The van der Waals surface area contributed by atoms with Crippen molar-refractivity contribution in [1.29, 1.82) is 0 Å². The maximum absolute atomic E-state index is 13.6. The molecule has 3 aromatic rings. The molecule has 1 amide bonds. The summed E-state index contributed by atoms with van der Waals surface area (Å²) in [7, 11) is 0. The van der Waals surface area contributed by atoms with Crippen LogP contribution in [-0.2, 0) is 25.1 Å². The molecule has 15 heteroatoms. The van der Waals surface area contributed by atoms with E-state index in [2.05, 4.69) is 9.84 Å². The topological polar surface area (TPSA) is 56.1 Å². The highest BCUT2D eigenvalue weighted by Gasteiger charge is 2.41. The van der Waals surface area contributed by atoms with Crippen molar-refractivity contribution in [3.63, 3.8) is 0 Å². The SMILES string of the molecule is O=C(NCc1cc(C(F)(F)F)cc(C(F)(F)F)c1)Oc1cnn(-c2ccc(Cl)cc2)c1C(F)(F)F. The highest BCUT2D eigenvalue weighted by atomic mass is 35.5. The molecule has 1 aromatic heterocycles. The van der Waals surface area contributed by atoms with Crippen LogP contribution >= 0.6 is 11.6 Å². The van der Waals surface area contributed by atoms with Crippen LogP contribution in [0.5, 0.6) is 5.75 Å². The van der Waals surface area contributed by atoms with E-state index in [0.717, 1.165) is 0 Å². The Kier molecular flexibility index (Phi) is 6.97. The molecule has 188 valence electrons. The van der Waals surface area contributed by atoms with E-state index in [4.69, 9.17) is 11.6 Å². The highest BCUT2D eigenvalue weighted by Crippen LogP contribution is 2.38. The monoisotopic (exact) mass is 531 g/mol. The molecule has 35 heavy (non-hydrogen) atoms. The van der Waals surface area contributed by atoms with E-state index in [1.807, 2.05) is 5.32 Å². The van der Waals surface area contributed by atoms with E-state index in [-0.39, 0.29) is 16.8 Å². The minimum absolute atomic E-state index is 0.0828. The van der Waals surface area contributed by atoms with E-state index in [1.54, 1.807) is 0 Å². The second-order valence-electron chi connectivity index (χ2n) is 6.90. The molecule has 0 aliphatic carbocycles. The minimum atomic E-state index is -5.12. The molecule has 3 rings (SSSR count). The van der Waals surface area contributed by atoms with Gasteiger partial charge in [0.05, 0.1) is 23.0 Å². The largest absolute Gasteiger partial charge is 0.437 e. The van der Waals surface area contributed by atoms with Gasteiger partial charge >= 0.3 is 24.6 Å². The molecule has 1 heterocycles. The van der Waals surface area contributed by atoms with Crippen molar-refractivity contribution in [2.75, 3.05) is 0 Å². The molecular weight excluding hydrogens is 521 g/mol. The molecular formula is C20H11ClF9N3O2. The molecule has 0 saturated heterocycles. The second kappa shape index (κ2) is 9.32. The van der Waals surface area contributed by atoms with Gasteiger partial charge in [-0.15, -0.1) is 0 Å². The molecule has 2 aromatic carbocycles. The van der Waals surface area contributed by atoms with Crippen LogP contribution in [0.4, 0.5) is 44.3 Å². The number of rotatable bonds is 4. The maximum atomic E-state index is 13.6. The summed E-state index contributed by atoms with van der Waals surface area (Å²) in [6.07, 6.45) is -16.3. The second-order valence-corrected chi connectivity index (χ2v) is 7.34. The lowest BCUT2D eigenvalue weighted by Gasteiger charge is -2.15. The third-order valence-electron chi connectivity index (χ3n) is 4.36. The molecule has 0 unspecified atom stereocenters. The van der Waals surface area contributed by atoms with Crippen molar-refractivity contribution in [2.45, 2.75) is 25.1 Å². The van der Waals surface area contributed by atoms with Crippen LogP contribution in [0.1, 0.15) is 22.4 Å². The fourth-order valence-electron chi connectivity index (χ4n) is 2.88. The van der Waals surface area contributed by atoms with Crippen molar-refractivity contribution in [2.24, 2.45) is 0 Å². The summed E-state index contributed by atoms with van der Waals surface area (Å²) in [5.74, 6) is -1.05. The number of amides is 1. The Balaban J connectivity index is 1.83. The van der Waals surface area contributed by atoms with Gasteiger partial charge in [0.15, 0.2) is 11.4 Å². The van der Waals surface area contributed by atoms with Crippen LogP contribution in [0.2, 0.25) is 5.02 Å². The number of nitrogens with one attached hydrogen (secondary N) is 1. The first kappa shape index (κ1) is 26.2. The van der Waals surface area contributed by atoms with Crippen molar-refractivity contribution in [3.8, 4) is 11.4 Å². The quantitative estimate of drug-likeness (QED) is 0.374. The van der Waals surface area contributed by atoms with Gasteiger partial charge in [0.2, 0.25) is 0 Å². The molecule has 0 bridgehead atoms. The predicted molar refractivity (Wildman–Crippen MR) is 103 cm³/mol. The Hall–Kier alpha value is -3.42. The fourth-order valence-corrected chi connectivity index (χ4v) is 3.00. The number of benzene rings is 2. The van der Waals surface area contributed by atoms with E-state index >= 15 is 0 Å². The zero-order valence-electron chi connectivity index (χ0n) is 16.8. The van der Waals surface area contributed by atoms with Crippen molar-refractivity contribution in [1.82, 2.24) is 15.1 Å². The average Bonchev–Trinajstić information content (AvgIpc) is 3.15. The fraction of sp³-hybridized carbons (Fsp3) is 0.200. The number of alkyl halides is 9. The van der Waals surface area contributed by atoms with E-state index in [9.17, 15) is 44.3 Å². The minimum Gasteiger partial charge on any atom is -0.406 e. The standard InChI is InChI=1S/C20H11ClF9N3O2/c21-13-1-3-14(4-2-13)33-16(20(28,29)30)15(9-32-33)35-17(34)31-8-10-5-11(18(22,23)24)7-12(6-10)19(25,26)27/h1-7,9H,8H2,(H,31,34). The molecule has 0 fully saturated rings. The van der Waals surface area contributed by atoms with Crippen molar-refractivity contribution >= 4 is 17.7 Å². The first-order valence-electron chi connectivity index (χ1n) is 9.21. The molecule has 0 spiro atoms. The smallest absolute Gasteiger partial charge is 0.406 e. The van der Waals surface area contributed by atoms with Gasteiger partial charge < -0.3 is 10.1 Å². The Labute approximate surface area is 195 Å². The maximum Gasteiger partial charge on any atom is 0.437 e. The summed E-state index contributed by atoms with van der Waals surface area (Å²) in [4.78, 5) is 12.0. The summed E-state index contributed by atoms with van der Waals surface area (Å²) >= 11 is 5.70. The number of aromatic nitrogens is 2. The van der Waals surface area contributed by atoms with Crippen molar-refractivity contribution < 1.29 is 49.0 Å². The van der Waals surface area contributed by atoms with Crippen LogP contribution in [0.25, 0.3) is 5.69 Å². The molecule has 1 N–H and O–H groups in total. The van der Waals surface area contributed by atoms with Gasteiger partial charge in [-0.2, -0.15) is 44.6 Å². The van der Waals surface area contributed by atoms with Gasteiger partial charge in [-0.05, 0) is 48.0 Å². The summed E-state index contributed by atoms with van der Waals surface area (Å²) < 4.78 is 123. The van der Waals surface area contributed by atoms with Crippen LogP contribution < -0.4 is 10.1 Å². The van der Waals surface area contributed by atoms with Crippen LogP contribution in [0, 0.1) is 0 Å². The highest BCUT2D eigenvalue weighted by molar-refractivity contribution is 6.30. The number of nitrogens with zero attached hydrogens (tertiary/aromatic N) is 2. The van der Waals surface area contributed by atoms with Crippen molar-refractivity contribution in [3.05, 3.63) is 76.1 Å². The van der Waals surface area contributed by atoms with Gasteiger partial charge in [-0.1, -0.05) is 11.6 Å². The zero-order chi connectivity index (χ0) is 26.2. The first-order valence-corrected chi connectivity index (χ1v) is 9.58. The summed E-state index contributed by atoms with van der Waals surface area (Å²) in [6.45, 7) is -0.904. The number of hydrogen-bond acceptors (Lipinski definition) is 3. The lowest BCUT2D eigenvalue weighted by molar-refractivity contribution is -0.144. The van der Waals surface area contributed by atoms with E-state index in [1.165, 1.54) is 24.3 Å². The zero-order valence-corrected chi connectivity index (χ0v) is 17.6. The molecule has 0 aliphatic heterocycles. The Bertz CT molecular complexity index is 1180. The van der Waals surface area contributed by atoms with E-state index in [0.29, 0.717) is 23.0 Å². The number of halogens is 10. The van der Waals surface area contributed by atoms with Gasteiger partial charge in [-0.25, -0.2) is 9.48 Å². The molecule has 0 saturated carbocycles. The molecule has 0 atom stereocenters. The summed E-state index contributed by atoms with van der Waals surface area (Å²) in [5.41, 5.74) is -5.44. The number of hydrogen-bond donors (Lipinski definition) is 1. The average molecular weight is 532 g/mol.